The molecule has 15 heavy (non-hydrogen) atoms. The molecule has 1 rings (SSSR count). The van der Waals surface area contributed by atoms with Crippen molar-refractivity contribution in [2.75, 3.05) is 7.11 Å². The second-order valence-corrected chi connectivity index (χ2v) is 3.91. The summed E-state index contributed by atoms with van der Waals surface area (Å²) in [6.07, 6.45) is 2.51. The van der Waals surface area contributed by atoms with E-state index in [4.69, 9.17) is 4.74 Å². The van der Waals surface area contributed by atoms with Crippen LogP contribution in [0.1, 0.15) is 26.0 Å². The molecule has 0 aliphatic rings. The molecule has 0 saturated carbocycles. The van der Waals surface area contributed by atoms with Crippen LogP contribution in [0.25, 0.3) is 0 Å². The SMILES string of the molecule is CCC(C)(OC)C(O)Cc1ccccn1. The Hall–Kier alpha value is -0.930. The minimum Gasteiger partial charge on any atom is -0.390 e. The molecule has 2 unspecified atom stereocenters. The Labute approximate surface area is 91.1 Å². The van der Waals surface area contributed by atoms with E-state index in [1.165, 1.54) is 0 Å². The standard InChI is InChI=1S/C12H19NO2/c1-4-12(2,15-3)11(14)9-10-7-5-6-8-13-10/h5-8,11,14H,4,9H2,1-3H3. The Morgan fingerprint density at radius 3 is 2.73 bits per heavy atom. The summed E-state index contributed by atoms with van der Waals surface area (Å²) in [5.41, 5.74) is 0.402. The maximum atomic E-state index is 10.1. The number of pyridine rings is 1. The number of aliphatic hydroxyl groups is 1. The molecule has 0 bridgehead atoms. The monoisotopic (exact) mass is 209 g/mol. The van der Waals surface area contributed by atoms with Gasteiger partial charge in [0.1, 0.15) is 0 Å². The lowest BCUT2D eigenvalue weighted by molar-refractivity contribution is -0.0917. The topological polar surface area (TPSA) is 42.4 Å². The highest BCUT2D eigenvalue weighted by Crippen LogP contribution is 2.21. The lowest BCUT2D eigenvalue weighted by Gasteiger charge is -2.32. The fraction of sp³-hybridized carbons (Fsp3) is 0.583. The molecule has 0 aliphatic carbocycles. The molecule has 3 heteroatoms. The van der Waals surface area contributed by atoms with Gasteiger partial charge < -0.3 is 9.84 Å². The first-order valence-corrected chi connectivity index (χ1v) is 5.25. The molecule has 0 fully saturated rings. The first-order valence-electron chi connectivity index (χ1n) is 5.25. The second kappa shape index (κ2) is 5.24. The van der Waals surface area contributed by atoms with Gasteiger partial charge in [0.2, 0.25) is 0 Å². The molecule has 0 amide bonds. The molecule has 84 valence electrons. The molecule has 1 aromatic heterocycles. The molecule has 1 N–H and O–H groups in total. The average molecular weight is 209 g/mol. The van der Waals surface area contributed by atoms with E-state index < -0.39 is 11.7 Å². The van der Waals surface area contributed by atoms with Gasteiger partial charge >= 0.3 is 0 Å². The van der Waals surface area contributed by atoms with Crippen molar-refractivity contribution >= 4 is 0 Å². The van der Waals surface area contributed by atoms with E-state index >= 15 is 0 Å². The van der Waals surface area contributed by atoms with E-state index in [2.05, 4.69) is 4.98 Å². The number of aliphatic hydroxyl groups excluding tert-OH is 1. The number of hydrogen-bond donors (Lipinski definition) is 1. The zero-order chi connectivity index (χ0) is 11.3. The van der Waals surface area contributed by atoms with E-state index in [9.17, 15) is 5.11 Å². The molecular weight excluding hydrogens is 190 g/mol. The van der Waals surface area contributed by atoms with Gasteiger partial charge in [-0.25, -0.2) is 0 Å². The Kier molecular flexibility index (Phi) is 4.24. The van der Waals surface area contributed by atoms with Gasteiger partial charge in [0.05, 0.1) is 11.7 Å². The molecule has 0 radical (unpaired) electrons. The number of rotatable bonds is 5. The minimum absolute atomic E-state index is 0.489. The largest absolute Gasteiger partial charge is 0.390 e. The predicted molar refractivity (Wildman–Crippen MR) is 59.7 cm³/mol. The Balaban J connectivity index is 2.66. The smallest absolute Gasteiger partial charge is 0.0909 e. The van der Waals surface area contributed by atoms with Gasteiger partial charge in [-0.2, -0.15) is 0 Å². The third kappa shape index (κ3) is 3.01. The van der Waals surface area contributed by atoms with Crippen LogP contribution in [0.3, 0.4) is 0 Å². The van der Waals surface area contributed by atoms with Crippen molar-refractivity contribution in [3.8, 4) is 0 Å². The van der Waals surface area contributed by atoms with Crippen molar-refractivity contribution in [1.29, 1.82) is 0 Å². The zero-order valence-electron chi connectivity index (χ0n) is 9.60. The number of hydrogen-bond acceptors (Lipinski definition) is 3. The van der Waals surface area contributed by atoms with E-state index in [0.717, 1.165) is 12.1 Å². The molecular formula is C12H19NO2. The van der Waals surface area contributed by atoms with Crippen molar-refractivity contribution < 1.29 is 9.84 Å². The summed E-state index contributed by atoms with van der Waals surface area (Å²) in [6, 6.07) is 5.70. The summed E-state index contributed by atoms with van der Waals surface area (Å²) < 4.78 is 5.34. The quantitative estimate of drug-likeness (QED) is 0.804. The van der Waals surface area contributed by atoms with Crippen molar-refractivity contribution in [2.24, 2.45) is 0 Å². The van der Waals surface area contributed by atoms with Crippen molar-refractivity contribution in [3.05, 3.63) is 30.1 Å². The van der Waals surface area contributed by atoms with Crippen LogP contribution in [0.2, 0.25) is 0 Å². The summed E-state index contributed by atoms with van der Waals surface area (Å²) in [4.78, 5) is 4.19. The number of nitrogens with zero attached hydrogens (tertiary/aromatic N) is 1. The van der Waals surface area contributed by atoms with Gasteiger partial charge in [0, 0.05) is 25.4 Å². The van der Waals surface area contributed by atoms with Crippen molar-refractivity contribution in [3.63, 3.8) is 0 Å². The fourth-order valence-electron chi connectivity index (χ4n) is 1.45. The minimum atomic E-state index is -0.526. The normalized spacial score (nSPS) is 17.1. The predicted octanol–water partition coefficient (Wildman–Crippen LogP) is 1.80. The van der Waals surface area contributed by atoms with E-state index in [-0.39, 0.29) is 0 Å². The van der Waals surface area contributed by atoms with Crippen LogP contribution >= 0.6 is 0 Å². The molecule has 2 atom stereocenters. The first-order chi connectivity index (χ1) is 7.12. The maximum Gasteiger partial charge on any atom is 0.0909 e. The second-order valence-electron chi connectivity index (χ2n) is 3.91. The highest BCUT2D eigenvalue weighted by Gasteiger charge is 2.31. The highest BCUT2D eigenvalue weighted by molar-refractivity contribution is 5.06. The summed E-state index contributed by atoms with van der Waals surface area (Å²) >= 11 is 0. The van der Waals surface area contributed by atoms with Gasteiger partial charge in [-0.3, -0.25) is 4.98 Å². The van der Waals surface area contributed by atoms with E-state index in [1.54, 1.807) is 13.3 Å². The van der Waals surface area contributed by atoms with E-state index in [0.29, 0.717) is 6.42 Å². The number of ether oxygens (including phenoxy) is 1. The molecule has 1 aromatic rings. The van der Waals surface area contributed by atoms with Crippen molar-refractivity contribution in [1.82, 2.24) is 4.98 Å². The van der Waals surface area contributed by atoms with Crippen LogP contribution < -0.4 is 0 Å². The van der Waals surface area contributed by atoms with Crippen LogP contribution in [0.15, 0.2) is 24.4 Å². The third-order valence-corrected chi connectivity index (χ3v) is 3.00. The Bertz CT molecular complexity index is 283. The van der Waals surface area contributed by atoms with Crippen LogP contribution in [0, 0.1) is 0 Å². The van der Waals surface area contributed by atoms with Crippen LogP contribution in [-0.2, 0) is 11.2 Å². The van der Waals surface area contributed by atoms with Gasteiger partial charge in [-0.05, 0) is 25.5 Å². The summed E-state index contributed by atoms with van der Waals surface area (Å²) in [6.45, 7) is 3.92. The molecule has 3 nitrogen and oxygen atoms in total. The molecule has 0 spiro atoms. The third-order valence-electron chi connectivity index (χ3n) is 3.00. The number of methoxy groups -OCH3 is 1. The highest BCUT2D eigenvalue weighted by atomic mass is 16.5. The van der Waals surface area contributed by atoms with Gasteiger partial charge in [0.25, 0.3) is 0 Å². The lowest BCUT2D eigenvalue weighted by Crippen LogP contribution is -2.42. The number of aromatic nitrogens is 1. The van der Waals surface area contributed by atoms with Gasteiger partial charge in [-0.1, -0.05) is 13.0 Å². The lowest BCUT2D eigenvalue weighted by atomic mass is 9.92. The summed E-state index contributed by atoms with van der Waals surface area (Å²) in [7, 11) is 1.63. The fourth-order valence-corrected chi connectivity index (χ4v) is 1.45. The summed E-state index contributed by atoms with van der Waals surface area (Å²) in [5, 5.41) is 10.1. The van der Waals surface area contributed by atoms with Crippen LogP contribution in [-0.4, -0.2) is 28.9 Å². The van der Waals surface area contributed by atoms with Crippen LogP contribution in [0.5, 0.6) is 0 Å². The van der Waals surface area contributed by atoms with Gasteiger partial charge in [0.15, 0.2) is 0 Å². The molecule has 1 heterocycles. The van der Waals surface area contributed by atoms with Crippen molar-refractivity contribution in [2.45, 2.75) is 38.4 Å². The maximum absolute atomic E-state index is 10.1. The average Bonchev–Trinajstić information content (AvgIpc) is 2.29. The van der Waals surface area contributed by atoms with E-state index in [1.807, 2.05) is 32.0 Å². The Morgan fingerprint density at radius 1 is 1.53 bits per heavy atom. The molecule has 0 aromatic carbocycles. The van der Waals surface area contributed by atoms with Crippen LogP contribution in [0.4, 0.5) is 0 Å². The molecule has 0 saturated heterocycles. The summed E-state index contributed by atoms with van der Waals surface area (Å²) in [5.74, 6) is 0. The molecule has 0 aliphatic heterocycles. The first kappa shape index (κ1) is 12.1. The Morgan fingerprint density at radius 2 is 2.27 bits per heavy atom. The van der Waals surface area contributed by atoms with Gasteiger partial charge in [-0.15, -0.1) is 0 Å². The zero-order valence-corrected chi connectivity index (χ0v) is 9.60.